The number of hydrogen-bond acceptors (Lipinski definition) is 7. The molecule has 144 valence electrons. The van der Waals surface area contributed by atoms with Crippen molar-refractivity contribution in [1.82, 2.24) is 24.6 Å². The molecule has 0 bridgehead atoms. The first-order chi connectivity index (χ1) is 13.8. The van der Waals surface area contributed by atoms with Gasteiger partial charge in [-0.3, -0.25) is 5.32 Å². The lowest BCUT2D eigenvalue weighted by atomic mass is 9.98. The molecule has 3 aromatic rings. The zero-order chi connectivity index (χ0) is 19.2. The highest BCUT2D eigenvalue weighted by atomic mass is 32.1. The van der Waals surface area contributed by atoms with Crippen molar-refractivity contribution < 1.29 is 4.79 Å². The fourth-order valence-corrected chi connectivity index (χ4v) is 3.81. The number of amides is 2. The quantitative estimate of drug-likeness (QED) is 0.689. The number of carbonyl (C=O) groups excluding carboxylic acids is 1. The molecule has 1 saturated heterocycles. The summed E-state index contributed by atoms with van der Waals surface area (Å²) in [5.74, 6) is 1.73. The summed E-state index contributed by atoms with van der Waals surface area (Å²) in [5.41, 5.74) is 0.928. The van der Waals surface area contributed by atoms with E-state index in [0.717, 1.165) is 37.4 Å². The molecule has 2 amide bonds. The second kappa shape index (κ2) is 8.75. The predicted octanol–water partition coefficient (Wildman–Crippen LogP) is 3.03. The predicted molar refractivity (Wildman–Crippen MR) is 109 cm³/mol. The second-order valence-electron chi connectivity index (χ2n) is 6.63. The van der Waals surface area contributed by atoms with Gasteiger partial charge < -0.3 is 10.2 Å². The van der Waals surface area contributed by atoms with E-state index in [1.54, 1.807) is 12.4 Å². The van der Waals surface area contributed by atoms with E-state index < -0.39 is 0 Å². The maximum absolute atomic E-state index is 12.2. The lowest BCUT2D eigenvalue weighted by Crippen LogP contribution is -2.42. The van der Waals surface area contributed by atoms with Crippen molar-refractivity contribution in [3.63, 3.8) is 0 Å². The summed E-state index contributed by atoms with van der Waals surface area (Å²) in [6, 6.07) is 11.2. The van der Waals surface area contributed by atoms with E-state index in [0.29, 0.717) is 23.4 Å². The van der Waals surface area contributed by atoms with Gasteiger partial charge in [0, 0.05) is 49.1 Å². The van der Waals surface area contributed by atoms with Gasteiger partial charge in [-0.25, -0.2) is 14.8 Å². The highest BCUT2D eigenvalue weighted by molar-refractivity contribution is 7.10. The average Bonchev–Trinajstić information content (AvgIpc) is 3.22. The molecule has 1 unspecified atom stereocenters. The van der Waals surface area contributed by atoms with Crippen LogP contribution in [-0.4, -0.2) is 45.0 Å². The van der Waals surface area contributed by atoms with Crippen molar-refractivity contribution in [1.29, 1.82) is 0 Å². The summed E-state index contributed by atoms with van der Waals surface area (Å²) in [6.45, 7) is 2.38. The Hall–Kier alpha value is -3.07. The Kier molecular flexibility index (Phi) is 5.72. The molecule has 0 aliphatic carbocycles. The third-order valence-corrected chi connectivity index (χ3v) is 5.21. The smallest absolute Gasteiger partial charge is 0.321 e. The molecule has 1 fully saturated rings. The van der Waals surface area contributed by atoms with Crippen LogP contribution in [0.2, 0.25) is 0 Å². The van der Waals surface area contributed by atoms with Gasteiger partial charge in [0.25, 0.3) is 0 Å². The van der Waals surface area contributed by atoms with Crippen molar-refractivity contribution in [2.24, 2.45) is 5.92 Å². The fraction of sp³-hybridized carbons (Fsp3) is 0.316. The van der Waals surface area contributed by atoms with Gasteiger partial charge >= 0.3 is 6.03 Å². The van der Waals surface area contributed by atoms with Crippen LogP contribution in [0.1, 0.15) is 12.8 Å². The summed E-state index contributed by atoms with van der Waals surface area (Å²) < 4.78 is 4.30. The number of carbonyl (C=O) groups is 1. The van der Waals surface area contributed by atoms with Crippen LogP contribution in [0.25, 0.3) is 11.4 Å². The van der Waals surface area contributed by atoms with E-state index in [2.05, 4.69) is 34.9 Å². The van der Waals surface area contributed by atoms with E-state index >= 15 is 0 Å². The Morgan fingerprint density at radius 2 is 2.00 bits per heavy atom. The fourth-order valence-electron chi connectivity index (χ4n) is 3.22. The van der Waals surface area contributed by atoms with Crippen molar-refractivity contribution in [2.45, 2.75) is 12.8 Å². The zero-order valence-electron chi connectivity index (χ0n) is 15.3. The van der Waals surface area contributed by atoms with Crippen LogP contribution in [0.3, 0.4) is 0 Å². The maximum Gasteiger partial charge on any atom is 0.321 e. The van der Waals surface area contributed by atoms with E-state index in [-0.39, 0.29) is 6.03 Å². The van der Waals surface area contributed by atoms with Gasteiger partial charge in [-0.1, -0.05) is 30.3 Å². The van der Waals surface area contributed by atoms with Crippen LogP contribution in [0.5, 0.6) is 0 Å². The maximum atomic E-state index is 12.2. The highest BCUT2D eigenvalue weighted by Crippen LogP contribution is 2.21. The molecule has 0 spiro atoms. The van der Waals surface area contributed by atoms with E-state index in [4.69, 9.17) is 0 Å². The summed E-state index contributed by atoms with van der Waals surface area (Å²) in [7, 11) is 0. The van der Waals surface area contributed by atoms with Crippen molar-refractivity contribution in [2.75, 3.05) is 29.9 Å². The third kappa shape index (κ3) is 4.61. The minimum Gasteiger partial charge on any atom is -0.340 e. The van der Waals surface area contributed by atoms with Crippen molar-refractivity contribution in [3.05, 3.63) is 48.8 Å². The number of piperidine rings is 1. The van der Waals surface area contributed by atoms with Crippen LogP contribution in [0.15, 0.2) is 48.8 Å². The van der Waals surface area contributed by atoms with Gasteiger partial charge in [0.2, 0.25) is 11.1 Å². The first kappa shape index (κ1) is 18.3. The van der Waals surface area contributed by atoms with Crippen LogP contribution >= 0.6 is 11.5 Å². The second-order valence-corrected chi connectivity index (χ2v) is 7.38. The molecule has 0 radical (unpaired) electrons. The molecule has 1 atom stereocenters. The number of urea groups is 1. The SMILES string of the molecule is O=C(NCC1CCCN(c2ncccn2)C1)Nc1nc(-c2ccccc2)ns1. The molecule has 3 heterocycles. The van der Waals surface area contributed by atoms with Crippen LogP contribution in [0.4, 0.5) is 15.9 Å². The summed E-state index contributed by atoms with van der Waals surface area (Å²) in [4.78, 5) is 27.4. The Balaban J connectivity index is 1.27. The Morgan fingerprint density at radius 1 is 1.18 bits per heavy atom. The van der Waals surface area contributed by atoms with Gasteiger partial charge in [0.15, 0.2) is 5.82 Å². The van der Waals surface area contributed by atoms with Gasteiger partial charge in [0.05, 0.1) is 0 Å². The normalized spacial score (nSPS) is 16.6. The lowest BCUT2D eigenvalue weighted by Gasteiger charge is -2.32. The monoisotopic (exact) mass is 395 g/mol. The summed E-state index contributed by atoms with van der Waals surface area (Å²) >= 11 is 1.17. The highest BCUT2D eigenvalue weighted by Gasteiger charge is 2.22. The summed E-state index contributed by atoms with van der Waals surface area (Å²) in [6.07, 6.45) is 5.64. The van der Waals surface area contributed by atoms with Gasteiger partial charge in [-0.15, -0.1) is 0 Å². The average molecular weight is 395 g/mol. The van der Waals surface area contributed by atoms with Crippen molar-refractivity contribution in [3.8, 4) is 11.4 Å². The molecule has 0 saturated carbocycles. The molecule has 9 heteroatoms. The van der Waals surface area contributed by atoms with E-state index in [1.165, 1.54) is 11.5 Å². The Morgan fingerprint density at radius 3 is 2.82 bits per heavy atom. The van der Waals surface area contributed by atoms with E-state index in [1.807, 2.05) is 36.4 Å². The van der Waals surface area contributed by atoms with Gasteiger partial charge in [0.1, 0.15) is 0 Å². The molecular formula is C19H21N7OS. The Bertz CT molecular complexity index is 903. The lowest BCUT2D eigenvalue weighted by molar-refractivity contribution is 0.249. The summed E-state index contributed by atoms with van der Waals surface area (Å²) in [5, 5.41) is 6.20. The molecule has 2 N–H and O–H groups in total. The van der Waals surface area contributed by atoms with Crippen molar-refractivity contribution >= 4 is 28.6 Å². The number of aromatic nitrogens is 4. The van der Waals surface area contributed by atoms with Crippen LogP contribution < -0.4 is 15.5 Å². The molecule has 1 aliphatic rings. The minimum absolute atomic E-state index is 0.260. The standard InChI is InChI=1S/C19H21N7OS/c27-18(24-19-23-16(25-28-19)15-7-2-1-3-8-15)22-12-14-6-4-11-26(13-14)17-20-9-5-10-21-17/h1-3,5,7-10,14H,4,6,11-13H2,(H2,22,23,24,25,27). The van der Waals surface area contributed by atoms with Crippen LogP contribution in [-0.2, 0) is 0 Å². The Labute approximate surface area is 167 Å². The number of anilines is 2. The molecule has 1 aliphatic heterocycles. The largest absolute Gasteiger partial charge is 0.340 e. The number of hydrogen-bond donors (Lipinski definition) is 2. The number of nitrogens with zero attached hydrogens (tertiary/aromatic N) is 5. The molecule has 1 aromatic carbocycles. The molecule has 28 heavy (non-hydrogen) atoms. The first-order valence-corrected chi connectivity index (χ1v) is 10.0. The van der Waals surface area contributed by atoms with Crippen LogP contribution in [0, 0.1) is 5.92 Å². The molecule has 8 nitrogen and oxygen atoms in total. The molecule has 2 aromatic heterocycles. The zero-order valence-corrected chi connectivity index (χ0v) is 16.1. The number of benzene rings is 1. The minimum atomic E-state index is -0.260. The topological polar surface area (TPSA) is 95.9 Å². The van der Waals surface area contributed by atoms with E-state index in [9.17, 15) is 4.79 Å². The van der Waals surface area contributed by atoms with Gasteiger partial charge in [-0.2, -0.15) is 9.36 Å². The molecule has 4 rings (SSSR count). The van der Waals surface area contributed by atoms with Gasteiger partial charge in [-0.05, 0) is 24.8 Å². The number of nitrogens with one attached hydrogen (secondary N) is 2. The number of rotatable bonds is 5. The first-order valence-electron chi connectivity index (χ1n) is 9.24. The molecular weight excluding hydrogens is 374 g/mol. The third-order valence-electron chi connectivity index (χ3n) is 4.58.